The van der Waals surface area contributed by atoms with E-state index in [1.165, 1.54) is 23.4 Å². The first-order chi connectivity index (χ1) is 8.61. The molecule has 4 nitrogen and oxygen atoms in total. The largest absolute Gasteiger partial charge is 0.367 e. The molecule has 0 aliphatic rings. The van der Waals surface area contributed by atoms with Gasteiger partial charge in [0.05, 0.1) is 0 Å². The number of amides is 1. The minimum Gasteiger partial charge on any atom is -0.367 e. The fraction of sp³-hybridized carbons (Fsp3) is 0.143. The molecule has 18 heavy (non-hydrogen) atoms. The molecule has 1 aromatic heterocycles. The van der Waals surface area contributed by atoms with Gasteiger partial charge in [0.25, 0.3) is 5.91 Å². The number of aromatic amines is 1. The molecule has 92 valence electrons. The fourth-order valence-electron chi connectivity index (χ4n) is 1.81. The van der Waals surface area contributed by atoms with E-state index in [1.54, 1.807) is 7.05 Å². The summed E-state index contributed by atoms with van der Waals surface area (Å²) in [7, 11) is 1.66. The second-order valence-corrected chi connectivity index (χ2v) is 4.07. The first-order valence-electron chi connectivity index (χ1n) is 5.62. The number of H-pyrrole nitrogens is 1. The Labute approximate surface area is 105 Å². The van der Waals surface area contributed by atoms with E-state index in [0.29, 0.717) is 0 Å². The highest BCUT2D eigenvalue weighted by molar-refractivity contribution is 6.05. The number of anilines is 1. The van der Waals surface area contributed by atoms with Crippen LogP contribution in [0.1, 0.15) is 15.9 Å². The third kappa shape index (κ3) is 2.18. The minimum atomic E-state index is -0.314. The smallest absolute Gasteiger partial charge is 0.263 e. The molecule has 0 aliphatic carbocycles. The number of hydrogen-bond donors (Lipinski definition) is 1. The van der Waals surface area contributed by atoms with Crippen LogP contribution in [0.4, 0.5) is 5.69 Å². The van der Waals surface area contributed by atoms with Crippen LogP contribution in [0.15, 0.2) is 47.5 Å². The van der Waals surface area contributed by atoms with E-state index in [4.69, 9.17) is 0 Å². The van der Waals surface area contributed by atoms with Gasteiger partial charge in [0, 0.05) is 31.2 Å². The Bertz CT molecular complexity index is 631. The topological polar surface area (TPSA) is 53.2 Å². The number of nitrogens with one attached hydrogen (secondary N) is 1. The summed E-state index contributed by atoms with van der Waals surface area (Å²) in [4.78, 5) is 28.1. The SMILES string of the molecule is Cc1ccccc1N(C)C(=O)c1c[nH]ccc1=O. The maximum atomic E-state index is 12.2. The van der Waals surface area contributed by atoms with Crippen molar-refractivity contribution in [2.75, 3.05) is 11.9 Å². The lowest BCUT2D eigenvalue weighted by Gasteiger charge is -2.19. The van der Waals surface area contributed by atoms with Crippen molar-refractivity contribution in [1.82, 2.24) is 4.98 Å². The van der Waals surface area contributed by atoms with E-state index in [2.05, 4.69) is 4.98 Å². The van der Waals surface area contributed by atoms with Gasteiger partial charge in [0.15, 0.2) is 5.43 Å². The van der Waals surface area contributed by atoms with Gasteiger partial charge in [0.1, 0.15) is 5.56 Å². The Balaban J connectivity index is 2.39. The third-order valence-corrected chi connectivity index (χ3v) is 2.84. The van der Waals surface area contributed by atoms with Crippen LogP contribution in [-0.2, 0) is 0 Å². The minimum absolute atomic E-state index is 0.142. The van der Waals surface area contributed by atoms with Crippen LogP contribution in [0, 0.1) is 6.92 Å². The lowest BCUT2D eigenvalue weighted by molar-refractivity contribution is 0.0991. The predicted octanol–water partition coefficient (Wildman–Crippen LogP) is 1.96. The van der Waals surface area contributed by atoms with Crippen LogP contribution >= 0.6 is 0 Å². The summed E-state index contributed by atoms with van der Waals surface area (Å²) in [6.07, 6.45) is 2.94. The van der Waals surface area contributed by atoms with Gasteiger partial charge in [-0.3, -0.25) is 9.59 Å². The Hall–Kier alpha value is -2.36. The van der Waals surface area contributed by atoms with E-state index < -0.39 is 0 Å². The molecule has 0 radical (unpaired) electrons. The Morgan fingerprint density at radius 3 is 2.61 bits per heavy atom. The molecule has 0 unspecified atom stereocenters. The van der Waals surface area contributed by atoms with Crippen LogP contribution in [-0.4, -0.2) is 17.9 Å². The number of aryl methyl sites for hydroxylation is 1. The summed E-state index contributed by atoms with van der Waals surface area (Å²) in [6, 6.07) is 8.89. The lowest BCUT2D eigenvalue weighted by atomic mass is 10.1. The fourth-order valence-corrected chi connectivity index (χ4v) is 1.81. The predicted molar refractivity (Wildman–Crippen MR) is 71.0 cm³/mol. The van der Waals surface area contributed by atoms with Gasteiger partial charge < -0.3 is 9.88 Å². The van der Waals surface area contributed by atoms with Crippen molar-refractivity contribution in [1.29, 1.82) is 0 Å². The molecule has 0 saturated carbocycles. The van der Waals surface area contributed by atoms with Gasteiger partial charge in [-0.2, -0.15) is 0 Å². The first kappa shape index (κ1) is 12.1. The summed E-state index contributed by atoms with van der Waals surface area (Å²) in [5.41, 5.74) is 1.65. The summed E-state index contributed by atoms with van der Waals surface area (Å²) < 4.78 is 0. The number of carbonyl (C=O) groups excluding carboxylic acids is 1. The molecule has 2 aromatic rings. The van der Waals surface area contributed by atoms with Crippen LogP contribution in [0.5, 0.6) is 0 Å². The molecule has 1 heterocycles. The first-order valence-corrected chi connectivity index (χ1v) is 5.62. The van der Waals surface area contributed by atoms with E-state index in [-0.39, 0.29) is 16.9 Å². The van der Waals surface area contributed by atoms with Crippen molar-refractivity contribution in [2.24, 2.45) is 0 Å². The summed E-state index contributed by atoms with van der Waals surface area (Å²) in [5.74, 6) is -0.314. The molecular formula is C14H14N2O2. The number of nitrogens with zero attached hydrogens (tertiary/aromatic N) is 1. The molecule has 2 rings (SSSR count). The average molecular weight is 242 g/mol. The average Bonchev–Trinajstić information content (AvgIpc) is 2.38. The van der Waals surface area contributed by atoms with Gasteiger partial charge >= 0.3 is 0 Å². The standard InChI is InChI=1S/C14H14N2O2/c1-10-5-3-4-6-12(10)16(2)14(18)11-9-15-8-7-13(11)17/h3-9H,1-2H3,(H,15,17). The normalized spacial score (nSPS) is 10.1. The Kier molecular flexibility index (Phi) is 3.28. The third-order valence-electron chi connectivity index (χ3n) is 2.84. The molecular weight excluding hydrogens is 228 g/mol. The molecule has 0 bridgehead atoms. The van der Waals surface area contributed by atoms with Gasteiger partial charge in [-0.1, -0.05) is 18.2 Å². The van der Waals surface area contributed by atoms with E-state index in [9.17, 15) is 9.59 Å². The zero-order valence-electron chi connectivity index (χ0n) is 10.3. The number of rotatable bonds is 2. The quantitative estimate of drug-likeness (QED) is 0.875. The van der Waals surface area contributed by atoms with E-state index in [1.807, 2.05) is 31.2 Å². The number of carbonyl (C=O) groups is 1. The van der Waals surface area contributed by atoms with Gasteiger partial charge in [-0.05, 0) is 18.6 Å². The summed E-state index contributed by atoms with van der Waals surface area (Å²) in [6.45, 7) is 1.92. The number of hydrogen-bond acceptors (Lipinski definition) is 2. The van der Waals surface area contributed by atoms with Crippen molar-refractivity contribution >= 4 is 11.6 Å². The van der Waals surface area contributed by atoms with Crippen molar-refractivity contribution in [3.05, 3.63) is 64.1 Å². The summed E-state index contributed by atoms with van der Waals surface area (Å²) in [5, 5.41) is 0. The number of para-hydroxylation sites is 1. The molecule has 0 aliphatic heterocycles. The maximum absolute atomic E-state index is 12.2. The molecule has 0 atom stereocenters. The van der Waals surface area contributed by atoms with E-state index >= 15 is 0 Å². The molecule has 1 aromatic carbocycles. The van der Waals surface area contributed by atoms with Crippen LogP contribution in [0.2, 0.25) is 0 Å². The van der Waals surface area contributed by atoms with E-state index in [0.717, 1.165) is 11.3 Å². The van der Waals surface area contributed by atoms with Crippen LogP contribution in [0.3, 0.4) is 0 Å². The van der Waals surface area contributed by atoms with Crippen molar-refractivity contribution < 1.29 is 4.79 Å². The monoisotopic (exact) mass is 242 g/mol. The highest BCUT2D eigenvalue weighted by atomic mass is 16.2. The highest BCUT2D eigenvalue weighted by Crippen LogP contribution is 2.18. The zero-order chi connectivity index (χ0) is 13.1. The lowest BCUT2D eigenvalue weighted by Crippen LogP contribution is -2.31. The number of aromatic nitrogens is 1. The molecule has 0 saturated heterocycles. The van der Waals surface area contributed by atoms with Crippen molar-refractivity contribution in [3.8, 4) is 0 Å². The molecule has 0 spiro atoms. The Morgan fingerprint density at radius 2 is 1.94 bits per heavy atom. The van der Waals surface area contributed by atoms with Gasteiger partial charge in [-0.15, -0.1) is 0 Å². The maximum Gasteiger partial charge on any atom is 0.263 e. The molecule has 4 heteroatoms. The van der Waals surface area contributed by atoms with Crippen LogP contribution in [0.25, 0.3) is 0 Å². The van der Waals surface area contributed by atoms with Gasteiger partial charge in [-0.25, -0.2) is 0 Å². The van der Waals surface area contributed by atoms with Crippen molar-refractivity contribution in [2.45, 2.75) is 6.92 Å². The number of benzene rings is 1. The highest BCUT2D eigenvalue weighted by Gasteiger charge is 2.17. The molecule has 1 amide bonds. The second kappa shape index (κ2) is 4.87. The summed E-state index contributed by atoms with van der Waals surface area (Å²) >= 11 is 0. The molecule has 0 fully saturated rings. The van der Waals surface area contributed by atoms with Crippen LogP contribution < -0.4 is 10.3 Å². The Morgan fingerprint density at radius 1 is 1.22 bits per heavy atom. The second-order valence-electron chi connectivity index (χ2n) is 4.07. The van der Waals surface area contributed by atoms with Crippen molar-refractivity contribution in [3.63, 3.8) is 0 Å². The van der Waals surface area contributed by atoms with Gasteiger partial charge in [0.2, 0.25) is 0 Å². The molecule has 1 N–H and O–H groups in total. The number of pyridine rings is 1. The zero-order valence-corrected chi connectivity index (χ0v) is 10.3.